The molecule has 0 bridgehead atoms. The zero-order valence-corrected chi connectivity index (χ0v) is 17.3. The minimum absolute atomic E-state index is 0.427. The Bertz CT molecular complexity index is 820. The molecule has 0 aromatic heterocycles. The number of carbonyl (C=O) groups is 1. The summed E-state index contributed by atoms with van der Waals surface area (Å²) in [5.74, 6) is 1.04. The number of nitrogens with zero attached hydrogens (tertiary/aromatic N) is 3. The van der Waals surface area contributed by atoms with Crippen LogP contribution >= 0.6 is 11.6 Å². The zero-order valence-electron chi connectivity index (χ0n) is 16.5. The van der Waals surface area contributed by atoms with Crippen molar-refractivity contribution in [2.24, 2.45) is 0 Å². The summed E-state index contributed by atoms with van der Waals surface area (Å²) in [6.45, 7) is 4.36. The Balaban J connectivity index is 1.66. The third kappa shape index (κ3) is 4.69. The Kier molecular flexibility index (Phi) is 6.65. The summed E-state index contributed by atoms with van der Waals surface area (Å²) in [7, 11) is 4.90. The van der Waals surface area contributed by atoms with Crippen LogP contribution in [0.5, 0.6) is 11.5 Å². The minimum atomic E-state index is -0.427. The van der Waals surface area contributed by atoms with Crippen molar-refractivity contribution in [3.05, 3.63) is 53.1 Å². The van der Waals surface area contributed by atoms with E-state index in [1.54, 1.807) is 27.3 Å². The molecule has 2 aromatic carbocycles. The standard InChI is InChI=1S/C21H26ClN3O3/c1-23(2)21(26)28-19-10-6-7-16(20(19)27-3)15-24-11-13-25(14-12-24)18-9-5-4-8-17(18)22/h4-10H,11-15H2,1-3H3. The number of halogens is 1. The molecule has 1 heterocycles. The molecular formula is C21H26ClN3O3. The first-order valence-corrected chi connectivity index (χ1v) is 9.64. The van der Waals surface area contributed by atoms with Crippen molar-refractivity contribution in [2.45, 2.75) is 6.54 Å². The van der Waals surface area contributed by atoms with Crippen molar-refractivity contribution in [1.29, 1.82) is 0 Å². The summed E-state index contributed by atoms with van der Waals surface area (Å²) in [6, 6.07) is 13.6. The van der Waals surface area contributed by atoms with Crippen molar-refractivity contribution in [3.63, 3.8) is 0 Å². The lowest BCUT2D eigenvalue weighted by Crippen LogP contribution is -2.46. The van der Waals surface area contributed by atoms with E-state index in [1.165, 1.54) is 4.90 Å². The molecule has 0 radical (unpaired) electrons. The first-order chi connectivity index (χ1) is 13.5. The highest BCUT2D eigenvalue weighted by atomic mass is 35.5. The molecule has 28 heavy (non-hydrogen) atoms. The van der Waals surface area contributed by atoms with Gasteiger partial charge in [-0.1, -0.05) is 35.9 Å². The highest BCUT2D eigenvalue weighted by Gasteiger charge is 2.21. The fourth-order valence-corrected chi connectivity index (χ4v) is 3.53. The lowest BCUT2D eigenvalue weighted by atomic mass is 10.1. The summed E-state index contributed by atoms with van der Waals surface area (Å²) >= 11 is 6.33. The summed E-state index contributed by atoms with van der Waals surface area (Å²) in [4.78, 5) is 18.0. The maximum atomic E-state index is 11.9. The molecule has 1 aliphatic heterocycles. The number of hydrogen-bond donors (Lipinski definition) is 0. The number of piperazine rings is 1. The smallest absolute Gasteiger partial charge is 0.414 e. The third-order valence-electron chi connectivity index (χ3n) is 4.79. The predicted molar refractivity (Wildman–Crippen MR) is 112 cm³/mol. The number of para-hydroxylation sites is 2. The molecule has 1 fully saturated rings. The maximum absolute atomic E-state index is 11.9. The van der Waals surface area contributed by atoms with E-state index in [0.717, 1.165) is 49.0 Å². The number of benzene rings is 2. The lowest BCUT2D eigenvalue weighted by molar-refractivity contribution is 0.169. The van der Waals surface area contributed by atoms with Gasteiger partial charge in [-0.05, 0) is 18.2 Å². The number of amides is 1. The van der Waals surface area contributed by atoms with Crippen LogP contribution < -0.4 is 14.4 Å². The van der Waals surface area contributed by atoms with Crippen molar-refractivity contribution in [1.82, 2.24) is 9.80 Å². The summed E-state index contributed by atoms with van der Waals surface area (Å²) < 4.78 is 11.0. The van der Waals surface area contributed by atoms with Gasteiger partial charge in [-0.15, -0.1) is 0 Å². The van der Waals surface area contributed by atoms with E-state index in [1.807, 2.05) is 30.3 Å². The summed E-state index contributed by atoms with van der Waals surface area (Å²) in [5.41, 5.74) is 2.08. The summed E-state index contributed by atoms with van der Waals surface area (Å²) in [6.07, 6.45) is -0.427. The highest BCUT2D eigenvalue weighted by Crippen LogP contribution is 2.33. The molecule has 2 aromatic rings. The maximum Gasteiger partial charge on any atom is 0.414 e. The van der Waals surface area contributed by atoms with Crippen molar-refractivity contribution in [3.8, 4) is 11.5 Å². The van der Waals surface area contributed by atoms with Crippen LogP contribution in [0, 0.1) is 0 Å². The molecule has 0 atom stereocenters. The van der Waals surface area contributed by atoms with Gasteiger partial charge in [0.25, 0.3) is 0 Å². The fraction of sp³-hybridized carbons (Fsp3) is 0.381. The van der Waals surface area contributed by atoms with Gasteiger partial charge in [0, 0.05) is 52.4 Å². The molecule has 0 unspecified atom stereocenters. The van der Waals surface area contributed by atoms with Crippen molar-refractivity contribution in [2.75, 3.05) is 52.3 Å². The van der Waals surface area contributed by atoms with Gasteiger partial charge in [-0.25, -0.2) is 4.79 Å². The van der Waals surface area contributed by atoms with Crippen LogP contribution in [0.1, 0.15) is 5.56 Å². The Morgan fingerprint density at radius 2 is 1.79 bits per heavy atom. The molecule has 1 amide bonds. The van der Waals surface area contributed by atoms with E-state index in [0.29, 0.717) is 11.5 Å². The average Bonchev–Trinajstić information content (AvgIpc) is 2.69. The van der Waals surface area contributed by atoms with Crippen LogP contribution in [0.15, 0.2) is 42.5 Å². The molecule has 0 N–H and O–H groups in total. The first kappa shape index (κ1) is 20.3. The van der Waals surface area contributed by atoms with Gasteiger partial charge in [0.05, 0.1) is 17.8 Å². The monoisotopic (exact) mass is 403 g/mol. The first-order valence-electron chi connectivity index (χ1n) is 9.26. The van der Waals surface area contributed by atoms with Gasteiger partial charge in [0.15, 0.2) is 11.5 Å². The van der Waals surface area contributed by atoms with Crippen LogP contribution in [-0.2, 0) is 6.54 Å². The lowest BCUT2D eigenvalue weighted by Gasteiger charge is -2.36. The molecular weight excluding hydrogens is 378 g/mol. The predicted octanol–water partition coefficient (Wildman–Crippen LogP) is 3.73. The number of methoxy groups -OCH3 is 1. The molecule has 0 spiro atoms. The van der Waals surface area contributed by atoms with Gasteiger partial charge in [0.2, 0.25) is 0 Å². The van der Waals surface area contributed by atoms with Crippen molar-refractivity contribution >= 4 is 23.4 Å². The normalized spacial score (nSPS) is 14.6. The van der Waals surface area contributed by atoms with Crippen LogP contribution in [0.25, 0.3) is 0 Å². The number of rotatable bonds is 5. The molecule has 150 valence electrons. The quantitative estimate of drug-likeness (QED) is 0.761. The van der Waals surface area contributed by atoms with Crippen LogP contribution in [0.2, 0.25) is 5.02 Å². The molecule has 0 saturated carbocycles. The van der Waals surface area contributed by atoms with Gasteiger partial charge in [-0.3, -0.25) is 4.90 Å². The minimum Gasteiger partial charge on any atom is -0.492 e. The molecule has 0 aliphatic carbocycles. The number of hydrogen-bond acceptors (Lipinski definition) is 5. The summed E-state index contributed by atoms with van der Waals surface area (Å²) in [5, 5.41) is 0.785. The Hall–Kier alpha value is -2.44. The van der Waals surface area contributed by atoms with E-state index in [2.05, 4.69) is 15.9 Å². The average molecular weight is 404 g/mol. The number of carbonyl (C=O) groups excluding carboxylic acids is 1. The van der Waals surface area contributed by atoms with E-state index < -0.39 is 6.09 Å². The highest BCUT2D eigenvalue weighted by molar-refractivity contribution is 6.33. The molecule has 3 rings (SSSR count). The number of anilines is 1. The van der Waals surface area contributed by atoms with Gasteiger partial charge < -0.3 is 19.3 Å². The Labute approximate surface area is 171 Å². The van der Waals surface area contributed by atoms with Crippen LogP contribution in [-0.4, -0.2) is 63.3 Å². The molecule has 7 heteroatoms. The van der Waals surface area contributed by atoms with Crippen LogP contribution in [0.3, 0.4) is 0 Å². The second kappa shape index (κ2) is 9.17. The Morgan fingerprint density at radius 3 is 2.43 bits per heavy atom. The second-order valence-electron chi connectivity index (χ2n) is 6.93. The van der Waals surface area contributed by atoms with E-state index >= 15 is 0 Å². The van der Waals surface area contributed by atoms with Gasteiger partial charge in [-0.2, -0.15) is 0 Å². The number of ether oxygens (including phenoxy) is 2. The van der Waals surface area contributed by atoms with E-state index in [9.17, 15) is 4.79 Å². The topological polar surface area (TPSA) is 45.3 Å². The fourth-order valence-electron chi connectivity index (χ4n) is 3.28. The van der Waals surface area contributed by atoms with E-state index in [4.69, 9.17) is 21.1 Å². The molecule has 1 saturated heterocycles. The van der Waals surface area contributed by atoms with Gasteiger partial charge in [0.1, 0.15) is 0 Å². The molecule has 1 aliphatic rings. The van der Waals surface area contributed by atoms with E-state index in [-0.39, 0.29) is 0 Å². The van der Waals surface area contributed by atoms with Gasteiger partial charge >= 0.3 is 6.09 Å². The zero-order chi connectivity index (χ0) is 20.1. The largest absolute Gasteiger partial charge is 0.492 e. The molecule has 6 nitrogen and oxygen atoms in total. The van der Waals surface area contributed by atoms with Crippen LogP contribution in [0.4, 0.5) is 10.5 Å². The Morgan fingerprint density at radius 1 is 1.07 bits per heavy atom. The third-order valence-corrected chi connectivity index (χ3v) is 5.11. The van der Waals surface area contributed by atoms with Crippen molar-refractivity contribution < 1.29 is 14.3 Å². The SMILES string of the molecule is COc1c(CN2CCN(c3ccccc3Cl)CC2)cccc1OC(=O)N(C)C. The second-order valence-corrected chi connectivity index (χ2v) is 7.33.